The van der Waals surface area contributed by atoms with E-state index in [1.807, 2.05) is 13.8 Å². The van der Waals surface area contributed by atoms with E-state index < -0.39 is 0 Å². The molecule has 2 N–H and O–H groups in total. The largest absolute Gasteiger partial charge is 0.321 e. The molecule has 0 bridgehead atoms. The van der Waals surface area contributed by atoms with Gasteiger partial charge >= 0.3 is 0 Å². The van der Waals surface area contributed by atoms with Gasteiger partial charge in [-0.25, -0.2) is 0 Å². The molecule has 0 spiro atoms. The Morgan fingerprint density at radius 2 is 2.04 bits per heavy atom. The number of aromatic amines is 1. The van der Waals surface area contributed by atoms with E-state index in [1.54, 1.807) is 24.3 Å². The van der Waals surface area contributed by atoms with Gasteiger partial charge in [0.05, 0.1) is 17.1 Å². The first-order chi connectivity index (χ1) is 11.0. The molecule has 0 radical (unpaired) electrons. The van der Waals surface area contributed by atoms with Crippen molar-refractivity contribution in [3.63, 3.8) is 0 Å². The van der Waals surface area contributed by atoms with Crippen molar-refractivity contribution in [2.45, 2.75) is 20.4 Å². The number of hydrogen-bond acceptors (Lipinski definition) is 5. The van der Waals surface area contributed by atoms with Gasteiger partial charge in [-0.1, -0.05) is 11.6 Å². The summed E-state index contributed by atoms with van der Waals surface area (Å²) in [5.41, 5.74) is 2.98. The Bertz CT molecular complexity index is 818. The molecule has 3 rings (SSSR count). The summed E-state index contributed by atoms with van der Waals surface area (Å²) in [5.74, 6) is 0.183. The Hall–Kier alpha value is -2.74. The van der Waals surface area contributed by atoms with Gasteiger partial charge in [0.25, 0.3) is 0 Å². The van der Waals surface area contributed by atoms with Crippen LogP contribution in [0.1, 0.15) is 11.4 Å². The highest BCUT2D eigenvalue weighted by Gasteiger charge is 2.13. The lowest BCUT2D eigenvalue weighted by molar-refractivity contribution is -0.117. The molecule has 1 amide bonds. The number of aryl methyl sites for hydroxylation is 2. The number of anilines is 1. The molecule has 23 heavy (non-hydrogen) atoms. The summed E-state index contributed by atoms with van der Waals surface area (Å²) in [5, 5.41) is 22.3. The zero-order valence-electron chi connectivity index (χ0n) is 12.5. The second-order valence-corrected chi connectivity index (χ2v) is 5.44. The van der Waals surface area contributed by atoms with Crippen LogP contribution in [0.15, 0.2) is 24.3 Å². The van der Waals surface area contributed by atoms with Crippen molar-refractivity contribution in [1.82, 2.24) is 30.4 Å². The molecular weight excluding hydrogens is 318 g/mol. The Labute approximate surface area is 136 Å². The number of rotatable bonds is 4. The fourth-order valence-electron chi connectivity index (χ4n) is 2.07. The molecule has 3 aromatic rings. The van der Waals surface area contributed by atoms with Gasteiger partial charge in [0.15, 0.2) is 0 Å². The third-order valence-electron chi connectivity index (χ3n) is 3.23. The molecule has 2 heterocycles. The highest BCUT2D eigenvalue weighted by Crippen LogP contribution is 2.17. The van der Waals surface area contributed by atoms with Crippen LogP contribution in [0, 0.1) is 13.8 Å². The van der Waals surface area contributed by atoms with Crippen LogP contribution in [0.3, 0.4) is 0 Å². The number of carbonyl (C=O) groups excluding carboxylic acids is 1. The minimum atomic E-state index is -0.252. The molecule has 0 aliphatic heterocycles. The normalized spacial score (nSPS) is 10.7. The number of hydrogen-bond donors (Lipinski definition) is 2. The highest BCUT2D eigenvalue weighted by molar-refractivity contribution is 6.30. The second-order valence-electron chi connectivity index (χ2n) is 5.01. The van der Waals surface area contributed by atoms with Crippen molar-refractivity contribution >= 4 is 23.2 Å². The topological polar surface area (TPSA) is 101 Å². The van der Waals surface area contributed by atoms with Crippen molar-refractivity contribution in [2.75, 3.05) is 5.32 Å². The first-order valence-electron chi connectivity index (χ1n) is 6.88. The Morgan fingerprint density at radius 3 is 2.70 bits per heavy atom. The minimum Gasteiger partial charge on any atom is -0.321 e. The molecule has 0 unspecified atom stereocenters. The van der Waals surface area contributed by atoms with E-state index in [9.17, 15) is 4.79 Å². The lowest BCUT2D eigenvalue weighted by atomic mass is 10.2. The van der Waals surface area contributed by atoms with Crippen LogP contribution in [0.2, 0.25) is 5.02 Å². The van der Waals surface area contributed by atoms with Crippen molar-refractivity contribution in [3.8, 4) is 11.4 Å². The van der Waals surface area contributed by atoms with Crippen molar-refractivity contribution in [3.05, 3.63) is 40.7 Å². The van der Waals surface area contributed by atoms with Crippen molar-refractivity contribution in [1.29, 1.82) is 0 Å². The van der Waals surface area contributed by atoms with Crippen LogP contribution < -0.4 is 5.32 Å². The lowest BCUT2D eigenvalue weighted by Crippen LogP contribution is -2.21. The molecule has 0 aliphatic rings. The predicted molar refractivity (Wildman–Crippen MR) is 85.0 cm³/mol. The first kappa shape index (κ1) is 15.2. The van der Waals surface area contributed by atoms with Crippen molar-refractivity contribution in [2.24, 2.45) is 0 Å². The van der Waals surface area contributed by atoms with Gasteiger partial charge in [-0.15, -0.1) is 10.2 Å². The number of halogens is 1. The fraction of sp³-hybridized carbons (Fsp3) is 0.214. The number of tetrazole rings is 1. The summed E-state index contributed by atoms with van der Waals surface area (Å²) >= 11 is 5.84. The van der Waals surface area contributed by atoms with Gasteiger partial charge in [0.2, 0.25) is 11.7 Å². The van der Waals surface area contributed by atoms with Crippen LogP contribution in [-0.2, 0) is 11.3 Å². The average molecular weight is 332 g/mol. The molecule has 0 saturated carbocycles. The molecule has 2 aromatic heterocycles. The summed E-state index contributed by atoms with van der Waals surface area (Å²) in [7, 11) is 0. The number of aromatic nitrogens is 6. The van der Waals surface area contributed by atoms with Crippen LogP contribution in [0.25, 0.3) is 11.4 Å². The second kappa shape index (κ2) is 6.17. The highest BCUT2D eigenvalue weighted by atomic mass is 35.5. The Morgan fingerprint density at radius 1 is 1.30 bits per heavy atom. The van der Waals surface area contributed by atoms with Crippen LogP contribution in [0.4, 0.5) is 5.69 Å². The number of carbonyl (C=O) groups is 1. The van der Waals surface area contributed by atoms with Crippen LogP contribution >= 0.6 is 11.6 Å². The summed E-state index contributed by atoms with van der Waals surface area (Å²) in [4.78, 5) is 13.3. The van der Waals surface area contributed by atoms with E-state index in [4.69, 9.17) is 11.6 Å². The predicted octanol–water partition coefficient (Wildman–Crippen LogP) is 1.97. The number of H-pyrrole nitrogens is 1. The standard InChI is InChI=1S/C14H14ClN7O/c1-8-13(9(2)18-17-8)16-12(23)7-22-20-14(19-21-22)10-3-5-11(15)6-4-10/h3-6H,7H2,1-2H3,(H,16,23)(H,17,18). The van der Waals surface area contributed by atoms with Gasteiger partial charge < -0.3 is 5.32 Å². The van der Waals surface area contributed by atoms with E-state index in [0.29, 0.717) is 16.5 Å². The first-order valence-corrected chi connectivity index (χ1v) is 7.26. The lowest BCUT2D eigenvalue weighted by Gasteiger charge is -2.04. The molecule has 118 valence electrons. The third kappa shape index (κ3) is 3.37. The van der Waals surface area contributed by atoms with E-state index in [2.05, 4.69) is 30.9 Å². The van der Waals surface area contributed by atoms with E-state index in [1.165, 1.54) is 4.80 Å². The van der Waals surface area contributed by atoms with E-state index in [0.717, 1.165) is 17.0 Å². The zero-order valence-corrected chi connectivity index (χ0v) is 13.3. The number of amides is 1. The summed E-state index contributed by atoms with van der Waals surface area (Å²) in [6.07, 6.45) is 0. The van der Waals surface area contributed by atoms with Gasteiger partial charge in [0.1, 0.15) is 6.54 Å². The quantitative estimate of drug-likeness (QED) is 0.761. The van der Waals surface area contributed by atoms with Gasteiger partial charge in [-0.2, -0.15) is 9.90 Å². The monoisotopic (exact) mass is 331 g/mol. The molecular formula is C14H14ClN7O. The fourth-order valence-corrected chi connectivity index (χ4v) is 2.19. The Balaban J connectivity index is 1.69. The maximum atomic E-state index is 12.1. The summed E-state index contributed by atoms with van der Waals surface area (Å²) < 4.78 is 0. The van der Waals surface area contributed by atoms with Gasteiger partial charge in [-0.3, -0.25) is 9.89 Å². The molecule has 1 aromatic carbocycles. The van der Waals surface area contributed by atoms with E-state index in [-0.39, 0.29) is 12.5 Å². The number of benzene rings is 1. The maximum absolute atomic E-state index is 12.1. The van der Waals surface area contributed by atoms with Crippen molar-refractivity contribution < 1.29 is 4.79 Å². The minimum absolute atomic E-state index is 0.0371. The number of nitrogens with zero attached hydrogens (tertiary/aromatic N) is 5. The maximum Gasteiger partial charge on any atom is 0.248 e. The molecule has 8 nitrogen and oxygen atoms in total. The molecule has 0 aliphatic carbocycles. The average Bonchev–Trinajstić information content (AvgIpc) is 3.10. The smallest absolute Gasteiger partial charge is 0.248 e. The SMILES string of the molecule is Cc1n[nH]c(C)c1NC(=O)Cn1nnc(-c2ccc(Cl)cc2)n1. The molecule has 0 atom stereocenters. The summed E-state index contributed by atoms with van der Waals surface area (Å²) in [6, 6.07) is 7.08. The molecule has 0 saturated heterocycles. The summed E-state index contributed by atoms with van der Waals surface area (Å²) in [6.45, 7) is 3.61. The Kier molecular flexibility index (Phi) is 4.07. The van der Waals surface area contributed by atoms with Crippen LogP contribution in [0.5, 0.6) is 0 Å². The van der Waals surface area contributed by atoms with Gasteiger partial charge in [0, 0.05) is 10.6 Å². The number of nitrogens with one attached hydrogen (secondary N) is 2. The van der Waals surface area contributed by atoms with Gasteiger partial charge in [-0.05, 0) is 43.3 Å². The molecule has 9 heteroatoms. The zero-order chi connectivity index (χ0) is 16.4. The molecule has 0 fully saturated rings. The third-order valence-corrected chi connectivity index (χ3v) is 3.48. The van der Waals surface area contributed by atoms with E-state index >= 15 is 0 Å². The van der Waals surface area contributed by atoms with Crippen LogP contribution in [-0.4, -0.2) is 36.3 Å².